The summed E-state index contributed by atoms with van der Waals surface area (Å²) in [7, 11) is 2.11. The van der Waals surface area contributed by atoms with E-state index in [1.807, 2.05) is 12.1 Å². The van der Waals surface area contributed by atoms with Gasteiger partial charge >= 0.3 is 6.01 Å². The van der Waals surface area contributed by atoms with E-state index in [2.05, 4.69) is 63.6 Å². The van der Waals surface area contributed by atoms with Gasteiger partial charge in [-0.05, 0) is 56.4 Å². The second-order valence-electron chi connectivity index (χ2n) is 13.0. The largest absolute Gasteiger partial charge is 0.462 e. The van der Waals surface area contributed by atoms with Crippen molar-refractivity contribution in [2.45, 2.75) is 44.3 Å². The molecule has 0 N–H and O–H groups in total. The summed E-state index contributed by atoms with van der Waals surface area (Å²) in [5, 5.41) is 12.6. The van der Waals surface area contributed by atoms with Gasteiger partial charge < -0.3 is 24.3 Å². The number of ether oxygens (including phenoxy) is 1. The third kappa shape index (κ3) is 6.63. The van der Waals surface area contributed by atoms with E-state index in [9.17, 15) is 14.4 Å². The first-order valence-electron chi connectivity index (χ1n) is 16.7. The predicted octanol–water partition coefficient (Wildman–Crippen LogP) is 5.50. The highest BCUT2D eigenvalue weighted by molar-refractivity contribution is 6.36. The van der Waals surface area contributed by atoms with E-state index in [0.717, 1.165) is 65.7 Å². The Morgan fingerprint density at radius 3 is 2.71 bits per heavy atom. The van der Waals surface area contributed by atoms with E-state index < -0.39 is 11.9 Å². The SMILES string of the molecule is C=C(C(=O)N1CCN(c2nc(OC[C@@H]3CCCN3C)nc3c2CCN(c2cccc4cccc(Cl)c24)C3)C[C@@H]1CC#N)c1cncc(F)c1. The van der Waals surface area contributed by atoms with Gasteiger partial charge in [-0.15, -0.1) is 0 Å². The van der Waals surface area contributed by atoms with Crippen molar-refractivity contribution in [1.82, 2.24) is 24.8 Å². The summed E-state index contributed by atoms with van der Waals surface area (Å²) in [5.74, 6) is -0.109. The number of anilines is 2. The van der Waals surface area contributed by atoms with Gasteiger partial charge in [-0.2, -0.15) is 15.2 Å². The average molecular weight is 681 g/mol. The van der Waals surface area contributed by atoms with Gasteiger partial charge in [-0.25, -0.2) is 4.39 Å². The first-order chi connectivity index (χ1) is 23.8. The average Bonchev–Trinajstić information content (AvgIpc) is 3.53. The van der Waals surface area contributed by atoms with E-state index in [0.29, 0.717) is 61.8 Å². The molecule has 2 fully saturated rings. The summed E-state index contributed by atoms with van der Waals surface area (Å²) < 4.78 is 20.2. The number of pyridine rings is 1. The van der Waals surface area contributed by atoms with Crippen molar-refractivity contribution in [2.75, 3.05) is 56.2 Å². The number of carbonyl (C=O) groups excluding carboxylic acids is 1. The van der Waals surface area contributed by atoms with Crippen molar-refractivity contribution >= 4 is 45.4 Å². The number of halogens is 2. The van der Waals surface area contributed by atoms with Crippen molar-refractivity contribution < 1.29 is 13.9 Å². The number of carbonyl (C=O) groups is 1. The van der Waals surface area contributed by atoms with Gasteiger partial charge in [0.25, 0.3) is 5.91 Å². The maximum absolute atomic E-state index is 13.9. The zero-order chi connectivity index (χ0) is 34.1. The molecule has 2 aromatic heterocycles. The van der Waals surface area contributed by atoms with Crippen LogP contribution in [-0.4, -0.2) is 89.1 Å². The number of nitriles is 1. The number of amides is 1. The molecule has 5 heterocycles. The Morgan fingerprint density at radius 2 is 1.94 bits per heavy atom. The van der Waals surface area contributed by atoms with Gasteiger partial charge in [0.15, 0.2) is 0 Å². The van der Waals surface area contributed by atoms with Crippen LogP contribution < -0.4 is 14.5 Å². The summed E-state index contributed by atoms with van der Waals surface area (Å²) in [5.41, 5.74) is 3.44. The molecule has 2 saturated heterocycles. The van der Waals surface area contributed by atoms with Crippen LogP contribution in [0.5, 0.6) is 6.01 Å². The van der Waals surface area contributed by atoms with Crippen LogP contribution in [0, 0.1) is 17.1 Å². The molecule has 0 saturated carbocycles. The molecule has 10 nitrogen and oxygen atoms in total. The fourth-order valence-electron chi connectivity index (χ4n) is 7.29. The maximum atomic E-state index is 13.9. The molecule has 0 spiro atoms. The van der Waals surface area contributed by atoms with Crippen LogP contribution in [0.15, 0.2) is 61.4 Å². The van der Waals surface area contributed by atoms with Crippen molar-refractivity contribution in [3.05, 3.63) is 89.1 Å². The summed E-state index contributed by atoms with van der Waals surface area (Å²) in [4.78, 5) is 35.9. The van der Waals surface area contributed by atoms with Crippen LogP contribution in [0.2, 0.25) is 5.02 Å². The van der Waals surface area contributed by atoms with Crippen LogP contribution in [0.25, 0.3) is 16.3 Å². The van der Waals surface area contributed by atoms with E-state index in [-0.39, 0.29) is 17.9 Å². The number of aromatic nitrogens is 3. The molecule has 3 aliphatic rings. The van der Waals surface area contributed by atoms with Crippen LogP contribution in [0.1, 0.15) is 36.1 Å². The van der Waals surface area contributed by atoms with Crippen molar-refractivity contribution in [1.29, 1.82) is 5.26 Å². The first-order valence-corrected chi connectivity index (χ1v) is 17.1. The fourth-order valence-corrected chi connectivity index (χ4v) is 7.57. The van der Waals surface area contributed by atoms with Gasteiger partial charge in [0.05, 0.1) is 42.0 Å². The zero-order valence-electron chi connectivity index (χ0n) is 27.5. The highest BCUT2D eigenvalue weighted by atomic mass is 35.5. The van der Waals surface area contributed by atoms with E-state index in [1.54, 1.807) is 4.90 Å². The summed E-state index contributed by atoms with van der Waals surface area (Å²) in [6, 6.07) is 15.9. The number of rotatable bonds is 8. The van der Waals surface area contributed by atoms with Crippen molar-refractivity contribution in [2.24, 2.45) is 0 Å². The quantitative estimate of drug-likeness (QED) is 0.224. The molecule has 49 heavy (non-hydrogen) atoms. The lowest BCUT2D eigenvalue weighted by Crippen LogP contribution is -2.56. The normalized spacial score (nSPS) is 19.5. The molecule has 0 unspecified atom stereocenters. The van der Waals surface area contributed by atoms with Crippen molar-refractivity contribution in [3.63, 3.8) is 0 Å². The van der Waals surface area contributed by atoms with E-state index in [1.165, 1.54) is 12.3 Å². The molecule has 0 aliphatic carbocycles. The Labute approximate surface area is 290 Å². The number of hydrogen-bond donors (Lipinski definition) is 0. The monoisotopic (exact) mass is 680 g/mol. The Bertz CT molecular complexity index is 1940. The molecular formula is C37H38ClFN8O2. The molecule has 0 radical (unpaired) electrons. The minimum atomic E-state index is -0.543. The Morgan fingerprint density at radius 1 is 1.10 bits per heavy atom. The minimum absolute atomic E-state index is 0.122. The van der Waals surface area contributed by atoms with Gasteiger partial charge in [0.2, 0.25) is 0 Å². The first kappa shape index (κ1) is 32.7. The summed E-state index contributed by atoms with van der Waals surface area (Å²) in [6.45, 7) is 8.00. The number of likely N-dealkylation sites (tertiary alicyclic amines) is 1. The molecule has 0 bridgehead atoms. The third-order valence-electron chi connectivity index (χ3n) is 9.95. The molecule has 12 heteroatoms. The van der Waals surface area contributed by atoms with Crippen molar-refractivity contribution in [3.8, 4) is 12.1 Å². The highest BCUT2D eigenvalue weighted by Crippen LogP contribution is 2.37. The molecule has 1 amide bonds. The van der Waals surface area contributed by atoms with Crippen LogP contribution in [0.3, 0.4) is 0 Å². The molecular weight excluding hydrogens is 643 g/mol. The number of likely N-dealkylation sites (N-methyl/N-ethyl adjacent to an activating group) is 1. The number of hydrogen-bond acceptors (Lipinski definition) is 9. The maximum Gasteiger partial charge on any atom is 0.318 e. The second kappa shape index (κ2) is 14.0. The molecule has 252 valence electrons. The fraction of sp³-hybridized carbons (Fsp3) is 0.378. The topological polar surface area (TPSA) is 102 Å². The van der Waals surface area contributed by atoms with Gasteiger partial charge in [0, 0.05) is 66.2 Å². The lowest BCUT2D eigenvalue weighted by molar-refractivity contribution is -0.127. The molecule has 2 atom stereocenters. The lowest BCUT2D eigenvalue weighted by atomic mass is 10.0. The molecule has 4 aromatic rings. The Kier molecular flexibility index (Phi) is 9.34. The number of nitrogens with zero attached hydrogens (tertiary/aromatic N) is 8. The Hall–Kier alpha value is -4.79. The number of piperazine rings is 1. The standard InChI is InChI=1S/C37H38ClFN8O2/c1-24(26-18-27(39)20-41-19-26)36(48)47-17-16-46(21-28(47)11-13-40)35-30-12-15-45(33-10-4-7-25-6-3-9-31(38)34(25)33)22-32(30)42-37(43-35)49-23-29-8-5-14-44(29)2/h3-4,6-7,9-10,18-20,28-29H,1,5,8,11-12,14-17,21-23H2,2H3/t28-,29-/m0/s1. The minimum Gasteiger partial charge on any atom is -0.462 e. The number of benzene rings is 2. The summed E-state index contributed by atoms with van der Waals surface area (Å²) >= 11 is 6.72. The molecule has 3 aliphatic heterocycles. The third-order valence-corrected chi connectivity index (χ3v) is 10.3. The highest BCUT2D eigenvalue weighted by Gasteiger charge is 2.35. The van der Waals surface area contributed by atoms with E-state index in [4.69, 9.17) is 26.3 Å². The Balaban J connectivity index is 1.19. The van der Waals surface area contributed by atoms with Gasteiger partial charge in [-0.1, -0.05) is 42.4 Å². The van der Waals surface area contributed by atoms with Crippen LogP contribution in [-0.2, 0) is 17.8 Å². The second-order valence-corrected chi connectivity index (χ2v) is 13.4. The molecule has 7 rings (SSSR count). The van der Waals surface area contributed by atoms with Gasteiger partial charge in [-0.3, -0.25) is 9.78 Å². The van der Waals surface area contributed by atoms with Crippen LogP contribution >= 0.6 is 11.6 Å². The lowest BCUT2D eigenvalue weighted by Gasteiger charge is -2.42. The predicted molar refractivity (Wildman–Crippen MR) is 188 cm³/mol. The van der Waals surface area contributed by atoms with Crippen LogP contribution in [0.4, 0.5) is 15.9 Å². The number of fused-ring (bicyclic) bond motifs is 2. The smallest absolute Gasteiger partial charge is 0.318 e. The van der Waals surface area contributed by atoms with E-state index >= 15 is 0 Å². The summed E-state index contributed by atoms with van der Waals surface area (Å²) in [6.07, 6.45) is 5.52. The van der Waals surface area contributed by atoms with Gasteiger partial charge in [0.1, 0.15) is 18.2 Å². The zero-order valence-corrected chi connectivity index (χ0v) is 28.2. The molecule has 2 aromatic carbocycles.